The number of hydrogen-bond donors (Lipinski definition) is 2. The SMILES string of the molecule is Cc1nc(NC[C@H](Cc2cnn(C)c2)C(N)=O)c2c(CC(C)C)csc2n1. The molecule has 7 nitrogen and oxygen atoms in total. The Kier molecular flexibility index (Phi) is 5.74. The molecule has 0 aliphatic rings. The molecule has 3 heterocycles. The number of amides is 1. The number of hydrogen-bond acceptors (Lipinski definition) is 6. The number of anilines is 1. The lowest BCUT2D eigenvalue weighted by Gasteiger charge is -2.15. The van der Waals surface area contributed by atoms with Gasteiger partial charge in [0.1, 0.15) is 16.5 Å². The van der Waals surface area contributed by atoms with E-state index in [9.17, 15) is 4.79 Å². The summed E-state index contributed by atoms with van der Waals surface area (Å²) in [5, 5.41) is 10.7. The van der Waals surface area contributed by atoms with Gasteiger partial charge in [-0.1, -0.05) is 13.8 Å². The zero-order valence-corrected chi connectivity index (χ0v) is 17.0. The molecule has 1 amide bonds. The molecule has 3 N–H and O–H groups in total. The minimum absolute atomic E-state index is 0.332. The number of carbonyl (C=O) groups excluding carboxylic acids is 1. The van der Waals surface area contributed by atoms with Crippen LogP contribution in [0.15, 0.2) is 17.8 Å². The van der Waals surface area contributed by atoms with E-state index in [4.69, 9.17) is 5.73 Å². The number of fused-ring (bicyclic) bond motifs is 1. The van der Waals surface area contributed by atoms with Gasteiger partial charge < -0.3 is 11.1 Å². The number of nitrogens with two attached hydrogens (primary N) is 1. The van der Waals surface area contributed by atoms with Crippen molar-refractivity contribution in [2.45, 2.75) is 33.6 Å². The Morgan fingerprint density at radius 2 is 2.11 bits per heavy atom. The van der Waals surface area contributed by atoms with E-state index >= 15 is 0 Å². The number of aryl methyl sites for hydroxylation is 2. The maximum Gasteiger partial charge on any atom is 0.222 e. The average Bonchev–Trinajstić information content (AvgIpc) is 3.16. The van der Waals surface area contributed by atoms with Crippen molar-refractivity contribution in [3.05, 3.63) is 34.7 Å². The zero-order valence-electron chi connectivity index (χ0n) is 16.2. The van der Waals surface area contributed by atoms with Gasteiger partial charge in [0.2, 0.25) is 5.91 Å². The number of thiophene rings is 1. The summed E-state index contributed by atoms with van der Waals surface area (Å²) in [6.07, 6.45) is 5.19. The van der Waals surface area contributed by atoms with Crippen molar-refractivity contribution in [1.29, 1.82) is 0 Å². The number of carbonyl (C=O) groups is 1. The van der Waals surface area contributed by atoms with Crippen LogP contribution in [0.1, 0.15) is 30.8 Å². The van der Waals surface area contributed by atoms with Crippen LogP contribution in [0.5, 0.6) is 0 Å². The van der Waals surface area contributed by atoms with Gasteiger partial charge in [-0.25, -0.2) is 9.97 Å². The maximum atomic E-state index is 11.9. The molecule has 0 fully saturated rings. The van der Waals surface area contributed by atoms with E-state index < -0.39 is 0 Å². The van der Waals surface area contributed by atoms with Crippen LogP contribution in [-0.2, 0) is 24.7 Å². The molecule has 3 aromatic rings. The first-order valence-electron chi connectivity index (χ1n) is 9.09. The molecule has 144 valence electrons. The molecule has 0 aliphatic heterocycles. The second-order valence-electron chi connectivity index (χ2n) is 7.37. The molecule has 0 saturated heterocycles. The predicted molar refractivity (Wildman–Crippen MR) is 109 cm³/mol. The Hall–Kier alpha value is -2.48. The van der Waals surface area contributed by atoms with Gasteiger partial charge in [-0.15, -0.1) is 11.3 Å². The molecule has 1 atom stereocenters. The van der Waals surface area contributed by atoms with E-state index in [1.807, 2.05) is 20.2 Å². The summed E-state index contributed by atoms with van der Waals surface area (Å²) in [5.74, 6) is 1.37. The monoisotopic (exact) mass is 386 g/mol. The summed E-state index contributed by atoms with van der Waals surface area (Å²) in [6, 6.07) is 0. The predicted octanol–water partition coefficient (Wildman–Crippen LogP) is 2.69. The smallest absolute Gasteiger partial charge is 0.222 e. The normalized spacial score (nSPS) is 12.6. The fourth-order valence-corrected chi connectivity index (χ4v) is 4.18. The van der Waals surface area contributed by atoms with Crippen molar-refractivity contribution in [2.24, 2.45) is 24.6 Å². The molecule has 0 spiro atoms. The van der Waals surface area contributed by atoms with Crippen molar-refractivity contribution in [2.75, 3.05) is 11.9 Å². The highest BCUT2D eigenvalue weighted by Gasteiger charge is 2.19. The number of rotatable bonds is 8. The van der Waals surface area contributed by atoms with Gasteiger partial charge in [0.05, 0.1) is 17.5 Å². The standard InChI is InChI=1S/C19H26N6OS/c1-11(2)5-15-10-27-19-16(15)18(23-12(3)24-19)21-8-14(17(20)26)6-13-7-22-25(4)9-13/h7,9-11,14H,5-6,8H2,1-4H3,(H2,20,26)(H,21,23,24)/t14-/m0/s1. The van der Waals surface area contributed by atoms with Crippen molar-refractivity contribution in [3.8, 4) is 0 Å². The van der Waals surface area contributed by atoms with Crippen LogP contribution in [0, 0.1) is 18.8 Å². The van der Waals surface area contributed by atoms with Gasteiger partial charge in [-0.3, -0.25) is 9.48 Å². The fraction of sp³-hybridized carbons (Fsp3) is 0.474. The molecule has 0 saturated carbocycles. The van der Waals surface area contributed by atoms with Crippen LogP contribution >= 0.6 is 11.3 Å². The van der Waals surface area contributed by atoms with E-state index in [1.165, 1.54) is 5.56 Å². The molecule has 0 radical (unpaired) electrons. The second kappa shape index (κ2) is 8.04. The molecule has 27 heavy (non-hydrogen) atoms. The Labute approximate surface area is 163 Å². The molecule has 0 aromatic carbocycles. The fourth-order valence-electron chi connectivity index (χ4n) is 3.18. The van der Waals surface area contributed by atoms with E-state index in [1.54, 1.807) is 22.2 Å². The van der Waals surface area contributed by atoms with Crippen LogP contribution in [0.2, 0.25) is 0 Å². The number of aromatic nitrogens is 4. The summed E-state index contributed by atoms with van der Waals surface area (Å²) >= 11 is 1.64. The average molecular weight is 387 g/mol. The molecule has 0 bridgehead atoms. The Morgan fingerprint density at radius 3 is 2.74 bits per heavy atom. The molecule has 0 unspecified atom stereocenters. The van der Waals surface area contributed by atoms with E-state index in [0.29, 0.717) is 24.7 Å². The molecule has 8 heteroatoms. The maximum absolute atomic E-state index is 11.9. The van der Waals surface area contributed by atoms with Crippen molar-refractivity contribution >= 4 is 33.3 Å². The van der Waals surface area contributed by atoms with Gasteiger partial charge >= 0.3 is 0 Å². The van der Waals surface area contributed by atoms with Gasteiger partial charge in [0.25, 0.3) is 0 Å². The minimum Gasteiger partial charge on any atom is -0.369 e. The lowest BCUT2D eigenvalue weighted by molar-refractivity contribution is -0.121. The molecule has 3 rings (SSSR count). The number of primary amides is 1. The van der Waals surface area contributed by atoms with E-state index in [-0.39, 0.29) is 11.8 Å². The Bertz CT molecular complexity index is 945. The second-order valence-corrected chi connectivity index (χ2v) is 8.22. The van der Waals surface area contributed by atoms with Crippen LogP contribution in [0.3, 0.4) is 0 Å². The first-order valence-corrected chi connectivity index (χ1v) is 9.97. The van der Waals surface area contributed by atoms with Gasteiger partial charge in [0.15, 0.2) is 0 Å². The van der Waals surface area contributed by atoms with Gasteiger partial charge in [0, 0.05) is 19.8 Å². The summed E-state index contributed by atoms with van der Waals surface area (Å²) in [4.78, 5) is 22.1. The molecular formula is C19H26N6OS. The summed E-state index contributed by atoms with van der Waals surface area (Å²) in [7, 11) is 1.86. The summed E-state index contributed by atoms with van der Waals surface area (Å²) < 4.78 is 1.72. The third-order valence-electron chi connectivity index (χ3n) is 4.41. The number of nitrogens with zero attached hydrogens (tertiary/aromatic N) is 4. The topological polar surface area (TPSA) is 98.7 Å². The number of nitrogens with one attached hydrogen (secondary N) is 1. The molecule has 3 aromatic heterocycles. The minimum atomic E-state index is -0.341. The third kappa shape index (κ3) is 4.63. The van der Waals surface area contributed by atoms with Crippen molar-refractivity contribution < 1.29 is 4.79 Å². The Balaban J connectivity index is 1.83. The van der Waals surface area contributed by atoms with Crippen LogP contribution in [-0.4, -0.2) is 32.2 Å². The van der Waals surface area contributed by atoms with Gasteiger partial charge in [-0.05, 0) is 42.2 Å². The van der Waals surface area contributed by atoms with Crippen LogP contribution < -0.4 is 11.1 Å². The van der Waals surface area contributed by atoms with Crippen LogP contribution in [0.25, 0.3) is 10.2 Å². The lowest BCUT2D eigenvalue weighted by Crippen LogP contribution is -2.31. The van der Waals surface area contributed by atoms with Gasteiger partial charge in [-0.2, -0.15) is 5.10 Å². The molecular weight excluding hydrogens is 360 g/mol. The highest BCUT2D eigenvalue weighted by molar-refractivity contribution is 7.17. The largest absolute Gasteiger partial charge is 0.369 e. The summed E-state index contributed by atoms with van der Waals surface area (Å²) in [6.45, 7) is 6.70. The highest BCUT2D eigenvalue weighted by Crippen LogP contribution is 2.31. The first kappa shape index (κ1) is 19.3. The first-order chi connectivity index (χ1) is 12.8. The molecule has 0 aliphatic carbocycles. The van der Waals surface area contributed by atoms with Crippen LogP contribution in [0.4, 0.5) is 5.82 Å². The van der Waals surface area contributed by atoms with Crippen molar-refractivity contribution in [3.63, 3.8) is 0 Å². The summed E-state index contributed by atoms with van der Waals surface area (Å²) in [5.41, 5.74) is 7.87. The zero-order chi connectivity index (χ0) is 19.6. The third-order valence-corrected chi connectivity index (χ3v) is 5.33. The highest BCUT2D eigenvalue weighted by atomic mass is 32.1. The van der Waals surface area contributed by atoms with E-state index in [0.717, 1.165) is 28.0 Å². The lowest BCUT2D eigenvalue weighted by atomic mass is 10.0. The van der Waals surface area contributed by atoms with E-state index in [2.05, 4.69) is 39.6 Å². The quantitative estimate of drug-likeness (QED) is 0.620. The Morgan fingerprint density at radius 1 is 1.33 bits per heavy atom. The van der Waals surface area contributed by atoms with Crippen molar-refractivity contribution in [1.82, 2.24) is 19.7 Å².